The van der Waals surface area contributed by atoms with Crippen LogP contribution in [0.3, 0.4) is 0 Å². The molecule has 1 N–H and O–H groups in total. The zero-order chi connectivity index (χ0) is 37.9. The summed E-state index contributed by atoms with van der Waals surface area (Å²) >= 11 is 0. The number of esters is 2. The average Bonchev–Trinajstić information content (AvgIpc) is 3.07. The second kappa shape index (κ2) is 34.3. The molecule has 10 heteroatoms. The van der Waals surface area contributed by atoms with Crippen molar-refractivity contribution in [3.8, 4) is 0 Å². The Labute approximate surface area is 313 Å². The van der Waals surface area contributed by atoms with Gasteiger partial charge in [-0.2, -0.15) is 0 Å². The molecule has 51 heavy (non-hydrogen) atoms. The van der Waals surface area contributed by atoms with E-state index < -0.39 is 26.5 Å². The summed E-state index contributed by atoms with van der Waals surface area (Å²) in [4.78, 5) is 35.2. The van der Waals surface area contributed by atoms with E-state index in [-0.39, 0.29) is 32.0 Å². The lowest BCUT2D eigenvalue weighted by molar-refractivity contribution is -0.870. The maximum atomic E-state index is 12.6. The third kappa shape index (κ3) is 38.0. The lowest BCUT2D eigenvalue weighted by Crippen LogP contribution is -2.37. The third-order valence-corrected chi connectivity index (χ3v) is 9.69. The molecule has 0 radical (unpaired) electrons. The molecule has 0 heterocycles. The maximum absolute atomic E-state index is 12.6. The second-order valence-electron chi connectivity index (χ2n) is 15.0. The standard InChI is InChI=1S/C41H78NO8P/c1-6-8-10-12-14-16-18-20-21-22-24-26-28-30-32-34-41(44)50-39(38-49-51(45,46)48-36-35-42(3,4)5)37-47-40(43)33-31-29-27-25-23-19-17-15-13-11-9-7-2/h15,17,24,26,39H,6-14,16,18-23,25,27-38H2,1-5H3/p+1/b17-15+,26-24+/t39-/m1/s1. The fourth-order valence-electron chi connectivity index (χ4n) is 5.41. The van der Waals surface area contributed by atoms with Crippen molar-refractivity contribution in [3.63, 3.8) is 0 Å². The Bertz CT molecular complexity index is 933. The number of phosphoric ester groups is 1. The van der Waals surface area contributed by atoms with E-state index in [0.717, 1.165) is 57.8 Å². The van der Waals surface area contributed by atoms with Crippen molar-refractivity contribution >= 4 is 19.8 Å². The van der Waals surface area contributed by atoms with Gasteiger partial charge in [-0.1, -0.05) is 122 Å². The summed E-state index contributed by atoms with van der Waals surface area (Å²) in [5.41, 5.74) is 0. The number of unbranched alkanes of at least 4 members (excludes halogenated alkanes) is 19. The molecule has 9 nitrogen and oxygen atoms in total. The van der Waals surface area contributed by atoms with Crippen LogP contribution in [0.25, 0.3) is 0 Å². The Morgan fingerprint density at radius 1 is 0.588 bits per heavy atom. The Morgan fingerprint density at radius 3 is 1.53 bits per heavy atom. The van der Waals surface area contributed by atoms with Gasteiger partial charge >= 0.3 is 19.8 Å². The van der Waals surface area contributed by atoms with Crippen LogP contribution < -0.4 is 0 Å². The predicted octanol–water partition coefficient (Wildman–Crippen LogP) is 11.2. The molecule has 2 atom stereocenters. The SMILES string of the molecule is CCCCC/C=C/CCCCCCCC(=O)OC[C@H](COP(=O)(O)OCC[N+](C)(C)C)OC(=O)CCCC/C=C/CCCCCCCCCCC. The maximum Gasteiger partial charge on any atom is 0.472 e. The first-order valence-corrected chi connectivity index (χ1v) is 22.1. The Kier molecular flexibility index (Phi) is 33.3. The fraction of sp³-hybridized carbons (Fsp3) is 0.854. The van der Waals surface area contributed by atoms with Gasteiger partial charge in [0.1, 0.15) is 19.8 Å². The van der Waals surface area contributed by atoms with E-state index in [4.69, 9.17) is 18.5 Å². The van der Waals surface area contributed by atoms with Crippen LogP contribution in [0.15, 0.2) is 24.3 Å². The van der Waals surface area contributed by atoms with Crippen LogP contribution in [-0.4, -0.2) is 74.9 Å². The highest BCUT2D eigenvalue weighted by Gasteiger charge is 2.27. The predicted molar refractivity (Wildman–Crippen MR) is 211 cm³/mol. The van der Waals surface area contributed by atoms with Crippen molar-refractivity contribution in [3.05, 3.63) is 24.3 Å². The molecule has 0 amide bonds. The van der Waals surface area contributed by atoms with E-state index >= 15 is 0 Å². The summed E-state index contributed by atoms with van der Waals surface area (Å²) in [5.74, 6) is -0.834. The summed E-state index contributed by atoms with van der Waals surface area (Å²) in [6.45, 7) is 4.36. The molecule has 0 aromatic carbocycles. The molecule has 0 aliphatic heterocycles. The number of ether oxygens (including phenoxy) is 2. The normalized spacial score (nSPS) is 13.9. The molecule has 0 aromatic rings. The first-order chi connectivity index (χ1) is 24.5. The van der Waals surface area contributed by atoms with Crippen LogP contribution in [0.1, 0.15) is 174 Å². The van der Waals surface area contributed by atoms with E-state index in [9.17, 15) is 19.0 Å². The monoisotopic (exact) mass is 745 g/mol. The van der Waals surface area contributed by atoms with E-state index in [1.54, 1.807) is 0 Å². The second-order valence-corrected chi connectivity index (χ2v) is 16.5. The summed E-state index contributed by atoms with van der Waals surface area (Å²) < 4.78 is 34.2. The molecule has 0 fully saturated rings. The quantitative estimate of drug-likeness (QED) is 0.0220. The summed E-state index contributed by atoms with van der Waals surface area (Å²) in [5, 5.41) is 0. The highest BCUT2D eigenvalue weighted by Crippen LogP contribution is 2.43. The molecule has 0 aliphatic rings. The van der Waals surface area contributed by atoms with Crippen molar-refractivity contribution in [2.75, 3.05) is 47.5 Å². The van der Waals surface area contributed by atoms with Gasteiger partial charge in [-0.25, -0.2) is 4.57 Å². The Hall–Kier alpha value is -1.51. The minimum Gasteiger partial charge on any atom is -0.462 e. The first kappa shape index (κ1) is 49.5. The molecule has 300 valence electrons. The minimum atomic E-state index is -4.37. The fourth-order valence-corrected chi connectivity index (χ4v) is 6.16. The number of quaternary nitrogens is 1. The molecule has 0 saturated carbocycles. The van der Waals surface area contributed by atoms with Crippen LogP contribution in [0.2, 0.25) is 0 Å². The summed E-state index contributed by atoms with van der Waals surface area (Å²) in [6.07, 6.45) is 35.1. The molecule has 0 saturated heterocycles. The van der Waals surface area contributed by atoms with Gasteiger partial charge in [-0.15, -0.1) is 0 Å². The largest absolute Gasteiger partial charge is 0.472 e. The molecule has 0 aromatic heterocycles. The highest BCUT2D eigenvalue weighted by atomic mass is 31.2. The topological polar surface area (TPSA) is 108 Å². The molecule has 0 aliphatic carbocycles. The molecule has 0 spiro atoms. The van der Waals surface area contributed by atoms with Gasteiger partial charge in [0.2, 0.25) is 0 Å². The van der Waals surface area contributed by atoms with Crippen LogP contribution in [-0.2, 0) is 32.7 Å². The number of allylic oxidation sites excluding steroid dienone is 4. The van der Waals surface area contributed by atoms with Crippen molar-refractivity contribution in [2.24, 2.45) is 0 Å². The first-order valence-electron chi connectivity index (χ1n) is 20.6. The van der Waals surface area contributed by atoms with Gasteiger partial charge in [0.15, 0.2) is 6.10 Å². The van der Waals surface area contributed by atoms with E-state index in [2.05, 4.69) is 38.2 Å². The third-order valence-electron chi connectivity index (χ3n) is 8.70. The van der Waals surface area contributed by atoms with Gasteiger partial charge in [0.25, 0.3) is 0 Å². The molecule has 0 bridgehead atoms. The summed E-state index contributed by atoms with van der Waals surface area (Å²) in [6, 6.07) is 0. The van der Waals surface area contributed by atoms with Crippen LogP contribution >= 0.6 is 7.82 Å². The number of likely N-dealkylation sites (N-methyl/N-ethyl adjacent to an activating group) is 1. The highest BCUT2D eigenvalue weighted by molar-refractivity contribution is 7.47. The Morgan fingerprint density at radius 2 is 1.00 bits per heavy atom. The number of carbonyl (C=O) groups is 2. The average molecular weight is 745 g/mol. The molecule has 1 unspecified atom stereocenters. The van der Waals surface area contributed by atoms with Crippen molar-refractivity contribution < 1.29 is 42.1 Å². The van der Waals surface area contributed by atoms with E-state index in [1.807, 2.05) is 21.1 Å². The van der Waals surface area contributed by atoms with Crippen molar-refractivity contribution in [2.45, 2.75) is 180 Å². The van der Waals surface area contributed by atoms with Gasteiger partial charge < -0.3 is 18.9 Å². The number of carbonyl (C=O) groups excluding carboxylic acids is 2. The number of hydrogen-bond acceptors (Lipinski definition) is 7. The van der Waals surface area contributed by atoms with Gasteiger partial charge in [0.05, 0.1) is 27.7 Å². The number of rotatable bonds is 37. The van der Waals surface area contributed by atoms with Gasteiger partial charge in [0, 0.05) is 12.8 Å². The van der Waals surface area contributed by atoms with E-state index in [1.165, 1.54) is 83.5 Å². The molecular weight excluding hydrogens is 665 g/mol. The van der Waals surface area contributed by atoms with Crippen LogP contribution in [0, 0.1) is 0 Å². The van der Waals surface area contributed by atoms with E-state index in [0.29, 0.717) is 17.4 Å². The Balaban J connectivity index is 4.44. The van der Waals surface area contributed by atoms with Crippen molar-refractivity contribution in [1.29, 1.82) is 0 Å². The van der Waals surface area contributed by atoms with Gasteiger partial charge in [-0.3, -0.25) is 18.6 Å². The number of hydrogen-bond donors (Lipinski definition) is 1. The van der Waals surface area contributed by atoms with Crippen LogP contribution in [0.4, 0.5) is 0 Å². The van der Waals surface area contributed by atoms with Gasteiger partial charge in [-0.05, 0) is 64.2 Å². The lowest BCUT2D eigenvalue weighted by Gasteiger charge is -2.24. The lowest BCUT2D eigenvalue weighted by atomic mass is 10.1. The smallest absolute Gasteiger partial charge is 0.462 e. The zero-order valence-corrected chi connectivity index (χ0v) is 34.5. The van der Waals surface area contributed by atoms with Crippen LogP contribution in [0.5, 0.6) is 0 Å². The number of phosphoric acid groups is 1. The number of nitrogens with zero attached hydrogens (tertiary/aromatic N) is 1. The summed E-state index contributed by atoms with van der Waals surface area (Å²) in [7, 11) is 1.46. The minimum absolute atomic E-state index is 0.0279. The van der Waals surface area contributed by atoms with Crippen molar-refractivity contribution in [1.82, 2.24) is 0 Å². The molecular formula is C41H79NO8P+. The molecule has 0 rings (SSSR count). The zero-order valence-electron chi connectivity index (χ0n) is 33.6.